The molecule has 96 valence electrons. The van der Waals surface area contributed by atoms with E-state index in [1.807, 2.05) is 0 Å². The van der Waals surface area contributed by atoms with Crippen molar-refractivity contribution < 1.29 is 14.3 Å². The van der Waals surface area contributed by atoms with Crippen LogP contribution in [0, 0.1) is 0 Å². The molecular weight excluding hydrogens is 232 g/mol. The van der Waals surface area contributed by atoms with Crippen LogP contribution in [0.3, 0.4) is 0 Å². The quantitative estimate of drug-likeness (QED) is 0.843. The average Bonchev–Trinajstić information content (AvgIpc) is 2.92. The van der Waals surface area contributed by atoms with Gasteiger partial charge in [0.15, 0.2) is 0 Å². The van der Waals surface area contributed by atoms with Crippen LogP contribution in [0.4, 0.5) is 5.69 Å². The molecule has 0 saturated carbocycles. The monoisotopic (exact) mass is 248 g/mol. The van der Waals surface area contributed by atoms with E-state index in [9.17, 15) is 9.59 Å². The highest BCUT2D eigenvalue weighted by atomic mass is 16.5. The van der Waals surface area contributed by atoms with Crippen LogP contribution in [0.1, 0.15) is 23.2 Å². The number of rotatable bonds is 3. The van der Waals surface area contributed by atoms with Crippen molar-refractivity contribution in [3.8, 4) is 0 Å². The lowest BCUT2D eigenvalue weighted by Crippen LogP contribution is -2.26. The molecular formula is C13H16N2O3. The van der Waals surface area contributed by atoms with Crippen molar-refractivity contribution in [2.24, 2.45) is 0 Å². The molecule has 1 aliphatic heterocycles. The average molecular weight is 248 g/mol. The first kappa shape index (κ1) is 12.6. The van der Waals surface area contributed by atoms with Crippen molar-refractivity contribution in [1.82, 2.24) is 5.32 Å². The third kappa shape index (κ3) is 2.87. The molecule has 1 aromatic rings. The second-order valence-electron chi connectivity index (χ2n) is 4.15. The summed E-state index contributed by atoms with van der Waals surface area (Å²) in [6.45, 7) is 0.647. The van der Waals surface area contributed by atoms with Crippen LogP contribution in [-0.4, -0.2) is 31.6 Å². The number of anilines is 1. The van der Waals surface area contributed by atoms with E-state index in [-0.39, 0.29) is 17.9 Å². The van der Waals surface area contributed by atoms with Gasteiger partial charge in [-0.1, -0.05) is 0 Å². The molecule has 0 spiro atoms. The van der Waals surface area contributed by atoms with Crippen molar-refractivity contribution in [2.45, 2.75) is 18.9 Å². The number of hydrogen-bond donors (Lipinski definition) is 2. The van der Waals surface area contributed by atoms with Gasteiger partial charge >= 0.3 is 0 Å². The van der Waals surface area contributed by atoms with Gasteiger partial charge in [-0.2, -0.15) is 0 Å². The van der Waals surface area contributed by atoms with Gasteiger partial charge in [0.05, 0.1) is 0 Å². The number of amides is 2. The highest BCUT2D eigenvalue weighted by Gasteiger charge is 2.23. The zero-order chi connectivity index (χ0) is 13.0. The minimum Gasteiger partial charge on any atom is -0.368 e. The van der Waals surface area contributed by atoms with Crippen LogP contribution in [0.5, 0.6) is 0 Å². The molecule has 1 saturated heterocycles. The lowest BCUT2D eigenvalue weighted by Gasteiger charge is -2.10. The molecule has 2 N–H and O–H groups in total. The predicted octanol–water partition coefficient (Wildman–Crippen LogP) is 1.16. The first-order valence-electron chi connectivity index (χ1n) is 5.95. The Morgan fingerprint density at radius 1 is 1.28 bits per heavy atom. The zero-order valence-corrected chi connectivity index (χ0v) is 10.2. The maximum Gasteiger partial charge on any atom is 0.253 e. The minimum absolute atomic E-state index is 0.125. The third-order valence-corrected chi connectivity index (χ3v) is 2.86. The van der Waals surface area contributed by atoms with Gasteiger partial charge < -0.3 is 15.4 Å². The van der Waals surface area contributed by atoms with E-state index in [1.165, 1.54) is 0 Å². The van der Waals surface area contributed by atoms with Crippen LogP contribution in [0.2, 0.25) is 0 Å². The van der Waals surface area contributed by atoms with Crippen LogP contribution in [-0.2, 0) is 9.53 Å². The summed E-state index contributed by atoms with van der Waals surface area (Å²) in [6.07, 6.45) is 1.35. The Hall–Kier alpha value is -1.88. The first-order chi connectivity index (χ1) is 8.70. The van der Waals surface area contributed by atoms with Gasteiger partial charge in [0.1, 0.15) is 6.10 Å². The van der Waals surface area contributed by atoms with Gasteiger partial charge in [0.2, 0.25) is 0 Å². The second-order valence-corrected chi connectivity index (χ2v) is 4.15. The van der Waals surface area contributed by atoms with E-state index in [1.54, 1.807) is 31.3 Å². The summed E-state index contributed by atoms with van der Waals surface area (Å²) in [5, 5.41) is 5.31. The molecule has 0 aromatic heterocycles. The van der Waals surface area contributed by atoms with Crippen molar-refractivity contribution in [1.29, 1.82) is 0 Å². The number of benzene rings is 1. The Morgan fingerprint density at radius 2 is 2.00 bits per heavy atom. The molecule has 5 nitrogen and oxygen atoms in total. The van der Waals surface area contributed by atoms with Crippen molar-refractivity contribution >= 4 is 17.5 Å². The van der Waals surface area contributed by atoms with E-state index >= 15 is 0 Å². The molecule has 2 rings (SSSR count). The van der Waals surface area contributed by atoms with E-state index in [4.69, 9.17) is 4.74 Å². The standard InChI is InChI=1S/C13H16N2O3/c1-14-12(16)9-4-6-10(7-5-9)15-13(17)11-3-2-8-18-11/h4-7,11H,2-3,8H2,1H3,(H,14,16)(H,15,17)/t11-/m1/s1. The molecule has 1 aromatic carbocycles. The number of ether oxygens (including phenoxy) is 1. The SMILES string of the molecule is CNC(=O)c1ccc(NC(=O)[C@H]2CCCO2)cc1. The Balaban J connectivity index is 1.97. The molecule has 1 atom stereocenters. The Labute approximate surface area is 106 Å². The van der Waals surface area contributed by atoms with Crippen molar-refractivity contribution in [3.63, 3.8) is 0 Å². The van der Waals surface area contributed by atoms with Crippen LogP contribution >= 0.6 is 0 Å². The van der Waals surface area contributed by atoms with Crippen LogP contribution in [0.25, 0.3) is 0 Å². The fourth-order valence-corrected chi connectivity index (χ4v) is 1.86. The number of hydrogen-bond acceptors (Lipinski definition) is 3. The normalized spacial score (nSPS) is 18.4. The fraction of sp³-hybridized carbons (Fsp3) is 0.385. The minimum atomic E-state index is -0.344. The Morgan fingerprint density at radius 3 is 2.56 bits per heavy atom. The smallest absolute Gasteiger partial charge is 0.253 e. The number of carbonyl (C=O) groups excluding carboxylic acids is 2. The molecule has 1 aliphatic rings. The number of nitrogens with one attached hydrogen (secondary N) is 2. The third-order valence-electron chi connectivity index (χ3n) is 2.86. The summed E-state index contributed by atoms with van der Waals surface area (Å²) in [4.78, 5) is 23.1. The molecule has 0 unspecified atom stereocenters. The molecule has 0 aliphatic carbocycles. The lowest BCUT2D eigenvalue weighted by atomic mass is 10.2. The summed E-state index contributed by atoms with van der Waals surface area (Å²) in [7, 11) is 1.58. The predicted molar refractivity (Wildman–Crippen MR) is 67.4 cm³/mol. The molecule has 0 radical (unpaired) electrons. The van der Waals surface area contributed by atoms with Gasteiger partial charge in [0.25, 0.3) is 11.8 Å². The molecule has 1 fully saturated rings. The summed E-state index contributed by atoms with van der Waals surface area (Å²) in [6, 6.07) is 6.75. The molecule has 0 bridgehead atoms. The summed E-state index contributed by atoms with van der Waals surface area (Å²) in [5.74, 6) is -0.271. The van der Waals surface area contributed by atoms with Crippen LogP contribution in [0.15, 0.2) is 24.3 Å². The van der Waals surface area contributed by atoms with Gasteiger partial charge in [-0.15, -0.1) is 0 Å². The Kier molecular flexibility index (Phi) is 3.94. The molecule has 1 heterocycles. The van der Waals surface area contributed by atoms with Gasteiger partial charge in [-0.25, -0.2) is 0 Å². The largest absolute Gasteiger partial charge is 0.368 e. The van der Waals surface area contributed by atoms with Crippen molar-refractivity contribution in [3.05, 3.63) is 29.8 Å². The summed E-state index contributed by atoms with van der Waals surface area (Å²) >= 11 is 0. The van der Waals surface area contributed by atoms with E-state index < -0.39 is 0 Å². The maximum absolute atomic E-state index is 11.8. The highest BCUT2D eigenvalue weighted by molar-refractivity contribution is 5.96. The van der Waals surface area contributed by atoms with Gasteiger partial charge in [-0.3, -0.25) is 9.59 Å². The Bertz CT molecular complexity index is 436. The zero-order valence-electron chi connectivity index (χ0n) is 10.2. The summed E-state index contributed by atoms with van der Waals surface area (Å²) in [5.41, 5.74) is 1.23. The van der Waals surface area contributed by atoms with E-state index in [2.05, 4.69) is 10.6 Å². The van der Waals surface area contributed by atoms with Gasteiger partial charge in [-0.05, 0) is 37.1 Å². The molecule has 5 heteroatoms. The highest BCUT2D eigenvalue weighted by Crippen LogP contribution is 2.15. The van der Waals surface area contributed by atoms with E-state index in [0.717, 1.165) is 12.8 Å². The lowest BCUT2D eigenvalue weighted by molar-refractivity contribution is -0.124. The first-order valence-corrected chi connectivity index (χ1v) is 5.95. The fourth-order valence-electron chi connectivity index (χ4n) is 1.86. The molecule has 18 heavy (non-hydrogen) atoms. The second kappa shape index (κ2) is 5.64. The maximum atomic E-state index is 11.8. The van der Waals surface area contributed by atoms with Crippen LogP contribution < -0.4 is 10.6 Å². The topological polar surface area (TPSA) is 67.4 Å². The van der Waals surface area contributed by atoms with Crippen molar-refractivity contribution in [2.75, 3.05) is 19.0 Å². The van der Waals surface area contributed by atoms with E-state index in [0.29, 0.717) is 17.9 Å². The summed E-state index contributed by atoms with van der Waals surface area (Å²) < 4.78 is 5.29. The molecule has 2 amide bonds. The van der Waals surface area contributed by atoms with Gasteiger partial charge in [0, 0.05) is 24.9 Å². The number of carbonyl (C=O) groups is 2.